The van der Waals surface area contributed by atoms with E-state index >= 15 is 0 Å². The molecule has 1 fully saturated rings. The van der Waals surface area contributed by atoms with Crippen molar-refractivity contribution in [2.45, 2.75) is 59.0 Å². The fourth-order valence-corrected chi connectivity index (χ4v) is 2.02. The molecule has 0 aromatic carbocycles. The molecule has 1 heterocycles. The van der Waals surface area contributed by atoms with Gasteiger partial charge in [0.2, 0.25) is 0 Å². The molecule has 0 spiro atoms. The molecule has 3 atom stereocenters. The van der Waals surface area contributed by atoms with Crippen LogP contribution in [0, 0.1) is 11.8 Å². The highest BCUT2D eigenvalue weighted by atomic mass is 16.5. The Morgan fingerprint density at radius 1 is 1.43 bits per heavy atom. The van der Waals surface area contributed by atoms with Gasteiger partial charge in [-0.3, -0.25) is 4.79 Å². The Hall–Kier alpha value is -0.530. The second kappa shape index (κ2) is 5.38. The predicted octanol–water partition coefficient (Wildman–Crippen LogP) is 3.15. The minimum Gasteiger partial charge on any atom is -0.462 e. The van der Waals surface area contributed by atoms with Gasteiger partial charge in [-0.05, 0) is 31.6 Å². The first kappa shape index (κ1) is 11.5. The van der Waals surface area contributed by atoms with Crippen molar-refractivity contribution in [3.63, 3.8) is 0 Å². The Morgan fingerprint density at radius 3 is 2.71 bits per heavy atom. The van der Waals surface area contributed by atoms with E-state index in [4.69, 9.17) is 4.74 Å². The lowest BCUT2D eigenvalue weighted by atomic mass is 9.96. The second-order valence-corrected chi connectivity index (χ2v) is 4.40. The lowest BCUT2D eigenvalue weighted by molar-refractivity contribution is -0.155. The lowest BCUT2D eigenvalue weighted by Gasteiger charge is -2.21. The Morgan fingerprint density at radius 2 is 2.14 bits per heavy atom. The highest BCUT2D eigenvalue weighted by Gasteiger charge is 2.28. The van der Waals surface area contributed by atoms with Crippen LogP contribution in [0.2, 0.25) is 0 Å². The third kappa shape index (κ3) is 2.73. The van der Waals surface area contributed by atoms with E-state index in [1.165, 1.54) is 0 Å². The normalized spacial score (nSPS) is 30.6. The van der Waals surface area contributed by atoms with Gasteiger partial charge in [-0.2, -0.15) is 0 Å². The predicted molar refractivity (Wildman–Crippen MR) is 57.0 cm³/mol. The van der Waals surface area contributed by atoms with Crippen molar-refractivity contribution in [1.29, 1.82) is 0 Å². The Bertz CT molecular complexity index is 189. The van der Waals surface area contributed by atoms with E-state index in [0.29, 0.717) is 5.92 Å². The van der Waals surface area contributed by atoms with Gasteiger partial charge in [-0.25, -0.2) is 0 Å². The highest BCUT2D eigenvalue weighted by molar-refractivity contribution is 5.72. The summed E-state index contributed by atoms with van der Waals surface area (Å²) in [5.74, 6) is 0.703. The molecule has 1 saturated heterocycles. The number of carbonyl (C=O) groups is 1. The fourth-order valence-electron chi connectivity index (χ4n) is 2.02. The van der Waals surface area contributed by atoms with Crippen LogP contribution in [0.4, 0.5) is 0 Å². The van der Waals surface area contributed by atoms with E-state index in [9.17, 15) is 4.79 Å². The molecule has 14 heavy (non-hydrogen) atoms. The molecule has 1 rings (SSSR count). The van der Waals surface area contributed by atoms with Crippen LogP contribution in [0.15, 0.2) is 0 Å². The van der Waals surface area contributed by atoms with Crippen LogP contribution < -0.4 is 0 Å². The summed E-state index contributed by atoms with van der Waals surface area (Å²) in [6.07, 6.45) is 5.39. The Labute approximate surface area is 87.0 Å². The van der Waals surface area contributed by atoms with Crippen molar-refractivity contribution in [2.75, 3.05) is 0 Å². The molecule has 0 aromatic heterocycles. The van der Waals surface area contributed by atoms with E-state index in [2.05, 4.69) is 20.8 Å². The summed E-state index contributed by atoms with van der Waals surface area (Å²) >= 11 is 0. The van der Waals surface area contributed by atoms with Crippen molar-refractivity contribution < 1.29 is 9.53 Å². The summed E-state index contributed by atoms with van der Waals surface area (Å²) in [5, 5.41) is 0. The first-order valence-corrected chi connectivity index (χ1v) is 5.89. The van der Waals surface area contributed by atoms with Crippen LogP contribution in [0.1, 0.15) is 52.9 Å². The number of cyclic esters (lactones) is 1. The molecule has 0 bridgehead atoms. The molecule has 0 radical (unpaired) electrons. The molecule has 0 saturated carbocycles. The molecule has 0 aliphatic carbocycles. The van der Waals surface area contributed by atoms with Crippen LogP contribution in [0.5, 0.6) is 0 Å². The Balaban J connectivity index is 2.55. The van der Waals surface area contributed by atoms with E-state index in [0.717, 1.165) is 32.1 Å². The number of ether oxygens (including phenoxy) is 1. The number of carbonyl (C=O) groups excluding carboxylic acids is 1. The largest absolute Gasteiger partial charge is 0.462 e. The molecule has 1 aliphatic heterocycles. The van der Waals surface area contributed by atoms with Crippen molar-refractivity contribution in [3.8, 4) is 0 Å². The smallest absolute Gasteiger partial charge is 0.309 e. The van der Waals surface area contributed by atoms with Gasteiger partial charge < -0.3 is 4.74 Å². The van der Waals surface area contributed by atoms with Gasteiger partial charge in [0.05, 0.1) is 5.92 Å². The van der Waals surface area contributed by atoms with Gasteiger partial charge in [-0.1, -0.05) is 27.2 Å². The standard InChI is InChI=1S/C12H22O2/c1-4-9(3)11-8-6-7-10(5-2)12(13)14-11/h9-11H,4-8H2,1-3H3. The summed E-state index contributed by atoms with van der Waals surface area (Å²) in [4.78, 5) is 11.7. The van der Waals surface area contributed by atoms with Crippen molar-refractivity contribution in [3.05, 3.63) is 0 Å². The first-order valence-electron chi connectivity index (χ1n) is 5.89. The molecule has 0 aromatic rings. The molecule has 1 aliphatic rings. The average Bonchev–Trinajstić information content (AvgIpc) is 2.38. The van der Waals surface area contributed by atoms with Gasteiger partial charge in [0.15, 0.2) is 0 Å². The van der Waals surface area contributed by atoms with Crippen LogP contribution >= 0.6 is 0 Å². The first-order chi connectivity index (χ1) is 6.69. The molecule has 2 heteroatoms. The van der Waals surface area contributed by atoms with E-state index in [-0.39, 0.29) is 18.0 Å². The third-order valence-electron chi connectivity index (χ3n) is 3.41. The zero-order valence-electron chi connectivity index (χ0n) is 9.58. The monoisotopic (exact) mass is 198 g/mol. The summed E-state index contributed by atoms with van der Waals surface area (Å²) in [6, 6.07) is 0. The van der Waals surface area contributed by atoms with Gasteiger partial charge in [-0.15, -0.1) is 0 Å². The maximum Gasteiger partial charge on any atom is 0.309 e. The topological polar surface area (TPSA) is 26.3 Å². The summed E-state index contributed by atoms with van der Waals surface area (Å²) in [5.41, 5.74) is 0. The SMILES string of the molecule is CCC1CCCC(C(C)CC)OC1=O. The molecular weight excluding hydrogens is 176 g/mol. The summed E-state index contributed by atoms with van der Waals surface area (Å²) < 4.78 is 5.53. The maximum atomic E-state index is 11.7. The van der Waals surface area contributed by atoms with Crippen LogP contribution in [0.3, 0.4) is 0 Å². The van der Waals surface area contributed by atoms with Gasteiger partial charge in [0.1, 0.15) is 6.10 Å². The molecule has 2 nitrogen and oxygen atoms in total. The highest BCUT2D eigenvalue weighted by Crippen LogP contribution is 2.26. The summed E-state index contributed by atoms with van der Waals surface area (Å²) in [6.45, 7) is 6.39. The summed E-state index contributed by atoms with van der Waals surface area (Å²) in [7, 11) is 0. The fraction of sp³-hybridized carbons (Fsp3) is 0.917. The van der Waals surface area contributed by atoms with Gasteiger partial charge >= 0.3 is 5.97 Å². The van der Waals surface area contributed by atoms with Crippen LogP contribution in [-0.4, -0.2) is 12.1 Å². The molecule has 3 unspecified atom stereocenters. The zero-order chi connectivity index (χ0) is 10.6. The maximum absolute atomic E-state index is 11.7. The number of rotatable bonds is 3. The van der Waals surface area contributed by atoms with Gasteiger partial charge in [0.25, 0.3) is 0 Å². The van der Waals surface area contributed by atoms with Crippen molar-refractivity contribution in [2.24, 2.45) is 11.8 Å². The minimum absolute atomic E-state index is 0.0373. The molecule has 82 valence electrons. The molecule has 0 N–H and O–H groups in total. The quantitative estimate of drug-likeness (QED) is 0.651. The number of hydrogen-bond acceptors (Lipinski definition) is 2. The second-order valence-electron chi connectivity index (χ2n) is 4.40. The van der Waals surface area contributed by atoms with E-state index in [1.807, 2.05) is 0 Å². The zero-order valence-corrected chi connectivity index (χ0v) is 9.58. The van der Waals surface area contributed by atoms with Crippen LogP contribution in [0.25, 0.3) is 0 Å². The van der Waals surface area contributed by atoms with E-state index in [1.54, 1.807) is 0 Å². The third-order valence-corrected chi connectivity index (χ3v) is 3.41. The Kier molecular flexibility index (Phi) is 4.43. The average molecular weight is 198 g/mol. The number of hydrogen-bond donors (Lipinski definition) is 0. The minimum atomic E-state index is 0.0373. The van der Waals surface area contributed by atoms with Gasteiger partial charge in [0, 0.05) is 0 Å². The molecule has 0 amide bonds. The van der Waals surface area contributed by atoms with Crippen molar-refractivity contribution >= 4 is 5.97 Å². The van der Waals surface area contributed by atoms with E-state index < -0.39 is 0 Å². The lowest BCUT2D eigenvalue weighted by Crippen LogP contribution is -2.25. The van der Waals surface area contributed by atoms with Crippen molar-refractivity contribution in [1.82, 2.24) is 0 Å². The molecular formula is C12H22O2. The van der Waals surface area contributed by atoms with Crippen LogP contribution in [-0.2, 0) is 9.53 Å². The number of esters is 1.